The van der Waals surface area contributed by atoms with Crippen LogP contribution in [0.5, 0.6) is 0 Å². The molecule has 6 nitrogen and oxygen atoms in total. The zero-order chi connectivity index (χ0) is 25.1. The highest BCUT2D eigenvalue weighted by molar-refractivity contribution is 6.30. The van der Waals surface area contributed by atoms with Gasteiger partial charge in [0.15, 0.2) is 0 Å². The van der Waals surface area contributed by atoms with E-state index < -0.39 is 0 Å². The van der Waals surface area contributed by atoms with Gasteiger partial charge in [-0.05, 0) is 29.3 Å². The molecule has 2 aromatic heterocycles. The Morgan fingerprint density at radius 2 is 1.75 bits per heavy atom. The molecule has 2 aromatic carbocycles. The van der Waals surface area contributed by atoms with Crippen molar-refractivity contribution in [1.29, 1.82) is 0 Å². The number of halogens is 1. The molecule has 0 bridgehead atoms. The van der Waals surface area contributed by atoms with Crippen LogP contribution in [0.3, 0.4) is 0 Å². The van der Waals surface area contributed by atoms with Gasteiger partial charge in [-0.3, -0.25) is 4.79 Å². The maximum absolute atomic E-state index is 13.7. The van der Waals surface area contributed by atoms with E-state index in [4.69, 9.17) is 11.6 Å². The number of hydrogen-bond donors (Lipinski definition) is 2. The summed E-state index contributed by atoms with van der Waals surface area (Å²) in [5.74, 6) is -0.0803. The molecule has 3 heterocycles. The number of anilines is 1. The number of nitrogens with one attached hydrogen (secondary N) is 2. The summed E-state index contributed by atoms with van der Waals surface area (Å²) in [6, 6.07) is 20.4. The van der Waals surface area contributed by atoms with Crippen LogP contribution in [0.2, 0.25) is 5.02 Å². The molecule has 1 aliphatic rings. The fraction of sp³-hybridized carbons (Fsp3) is 0.310. The first-order chi connectivity index (χ1) is 17.5. The molecule has 1 amide bonds. The van der Waals surface area contributed by atoms with E-state index in [1.54, 1.807) is 0 Å². The standard InChI is InChI=1S/C29H32ClN5O/c1-20(2)32-19-26(22-8-10-23(30)11-9-22)29(36)35-16-14-34(15-17-35)27-24-12-13-31-28(24)33-18-25(27)21-6-4-3-5-7-21/h3-13,18,20,26,32H,14-17,19H2,1-2H3,(H,31,33). The summed E-state index contributed by atoms with van der Waals surface area (Å²) in [5.41, 5.74) is 5.31. The highest BCUT2D eigenvalue weighted by Gasteiger charge is 2.30. The minimum absolute atomic E-state index is 0.162. The molecule has 0 aliphatic carbocycles. The Hall–Kier alpha value is -3.35. The quantitative estimate of drug-likeness (QED) is 0.360. The minimum Gasteiger partial charge on any atom is -0.367 e. The molecule has 1 atom stereocenters. The van der Waals surface area contributed by atoms with Crippen molar-refractivity contribution in [2.24, 2.45) is 0 Å². The second-order valence-electron chi connectivity index (χ2n) is 9.61. The Bertz CT molecular complexity index is 1310. The minimum atomic E-state index is -0.242. The molecule has 186 valence electrons. The summed E-state index contributed by atoms with van der Waals surface area (Å²) in [6.45, 7) is 7.68. The predicted molar refractivity (Wildman–Crippen MR) is 148 cm³/mol. The molecule has 1 aliphatic heterocycles. The molecule has 1 fully saturated rings. The van der Waals surface area contributed by atoms with Crippen molar-refractivity contribution in [2.75, 3.05) is 37.6 Å². The molecular weight excluding hydrogens is 470 g/mol. The summed E-state index contributed by atoms with van der Waals surface area (Å²) in [7, 11) is 0. The number of carbonyl (C=O) groups is 1. The lowest BCUT2D eigenvalue weighted by Gasteiger charge is -2.38. The van der Waals surface area contributed by atoms with Crippen LogP contribution in [0.15, 0.2) is 73.1 Å². The molecule has 1 unspecified atom stereocenters. The number of amides is 1. The highest BCUT2D eigenvalue weighted by atomic mass is 35.5. The van der Waals surface area contributed by atoms with E-state index in [9.17, 15) is 4.79 Å². The fourth-order valence-electron chi connectivity index (χ4n) is 4.93. The molecule has 0 radical (unpaired) electrons. The van der Waals surface area contributed by atoms with Crippen LogP contribution in [0.1, 0.15) is 25.3 Å². The zero-order valence-electron chi connectivity index (χ0n) is 20.7. The lowest BCUT2D eigenvalue weighted by Crippen LogP contribution is -2.51. The predicted octanol–water partition coefficient (Wildman–Crippen LogP) is 5.31. The van der Waals surface area contributed by atoms with Gasteiger partial charge in [0.2, 0.25) is 5.91 Å². The average Bonchev–Trinajstić information content (AvgIpc) is 3.38. The van der Waals surface area contributed by atoms with Crippen LogP contribution in [0, 0.1) is 0 Å². The van der Waals surface area contributed by atoms with E-state index >= 15 is 0 Å². The average molecular weight is 502 g/mol. The number of hydrogen-bond acceptors (Lipinski definition) is 4. The van der Waals surface area contributed by atoms with Crippen molar-refractivity contribution >= 4 is 34.2 Å². The number of nitrogens with zero attached hydrogens (tertiary/aromatic N) is 3. The zero-order valence-corrected chi connectivity index (χ0v) is 21.5. The van der Waals surface area contributed by atoms with Gasteiger partial charge in [-0.2, -0.15) is 0 Å². The molecule has 0 saturated carbocycles. The topological polar surface area (TPSA) is 64.3 Å². The molecule has 1 saturated heterocycles. The number of carbonyl (C=O) groups excluding carboxylic acids is 1. The molecule has 4 aromatic rings. The number of H-pyrrole nitrogens is 1. The summed E-state index contributed by atoms with van der Waals surface area (Å²) >= 11 is 6.11. The smallest absolute Gasteiger partial charge is 0.231 e. The van der Waals surface area contributed by atoms with Crippen molar-refractivity contribution in [3.63, 3.8) is 0 Å². The third kappa shape index (κ3) is 5.11. The Morgan fingerprint density at radius 3 is 2.44 bits per heavy atom. The molecule has 5 rings (SSSR count). The molecule has 36 heavy (non-hydrogen) atoms. The number of aromatic nitrogens is 2. The van der Waals surface area contributed by atoms with Gasteiger partial charge in [0.1, 0.15) is 5.65 Å². The van der Waals surface area contributed by atoms with Crippen molar-refractivity contribution in [1.82, 2.24) is 20.2 Å². The van der Waals surface area contributed by atoms with E-state index in [1.165, 1.54) is 5.69 Å². The number of piperazine rings is 1. The van der Waals surface area contributed by atoms with Gasteiger partial charge < -0.3 is 20.1 Å². The Labute approximate surface area is 217 Å². The molecular formula is C29H32ClN5O. The van der Waals surface area contributed by atoms with Crippen LogP contribution in [-0.2, 0) is 4.79 Å². The second-order valence-corrected chi connectivity index (χ2v) is 10.0. The number of fused-ring (bicyclic) bond motifs is 1. The van der Waals surface area contributed by atoms with Gasteiger partial charge in [-0.25, -0.2) is 4.98 Å². The van der Waals surface area contributed by atoms with E-state index in [-0.39, 0.29) is 11.8 Å². The van der Waals surface area contributed by atoms with Crippen LogP contribution < -0.4 is 10.2 Å². The summed E-state index contributed by atoms with van der Waals surface area (Å²) in [4.78, 5) is 26.0. The largest absolute Gasteiger partial charge is 0.367 e. The van der Waals surface area contributed by atoms with Crippen molar-refractivity contribution in [3.05, 3.63) is 83.6 Å². The summed E-state index contributed by atoms with van der Waals surface area (Å²) < 4.78 is 0. The summed E-state index contributed by atoms with van der Waals surface area (Å²) in [5, 5.41) is 5.24. The van der Waals surface area contributed by atoms with Crippen molar-refractivity contribution in [2.45, 2.75) is 25.8 Å². The number of pyridine rings is 1. The normalized spacial score (nSPS) is 15.0. The van der Waals surface area contributed by atoms with Crippen LogP contribution >= 0.6 is 11.6 Å². The number of benzene rings is 2. The summed E-state index contributed by atoms with van der Waals surface area (Å²) in [6.07, 6.45) is 3.89. The number of rotatable bonds is 7. The van der Waals surface area contributed by atoms with Gasteiger partial charge in [0.25, 0.3) is 0 Å². The van der Waals surface area contributed by atoms with E-state index in [0.717, 1.165) is 40.8 Å². The van der Waals surface area contributed by atoms with E-state index in [1.807, 2.05) is 47.6 Å². The Kier molecular flexibility index (Phi) is 7.25. The Morgan fingerprint density at radius 1 is 1.03 bits per heavy atom. The maximum Gasteiger partial charge on any atom is 0.231 e. The lowest BCUT2D eigenvalue weighted by molar-refractivity contribution is -0.133. The maximum atomic E-state index is 13.7. The van der Waals surface area contributed by atoms with Gasteiger partial charge >= 0.3 is 0 Å². The first kappa shape index (κ1) is 24.3. The van der Waals surface area contributed by atoms with Crippen LogP contribution in [0.25, 0.3) is 22.2 Å². The monoisotopic (exact) mass is 501 g/mol. The third-order valence-electron chi connectivity index (χ3n) is 6.85. The number of aromatic amines is 1. The van der Waals surface area contributed by atoms with Crippen LogP contribution in [-0.4, -0.2) is 59.5 Å². The molecule has 7 heteroatoms. The first-order valence-corrected chi connectivity index (χ1v) is 12.9. The third-order valence-corrected chi connectivity index (χ3v) is 7.10. The Balaban J connectivity index is 1.38. The van der Waals surface area contributed by atoms with E-state index in [0.29, 0.717) is 30.7 Å². The fourth-order valence-corrected chi connectivity index (χ4v) is 5.06. The van der Waals surface area contributed by atoms with Crippen molar-refractivity contribution < 1.29 is 4.79 Å². The molecule has 2 N–H and O–H groups in total. The SMILES string of the molecule is CC(C)NCC(C(=O)N1CCN(c2c(-c3ccccc3)cnc3[nH]ccc23)CC1)c1ccc(Cl)cc1. The molecule has 0 spiro atoms. The highest BCUT2D eigenvalue weighted by Crippen LogP contribution is 2.37. The van der Waals surface area contributed by atoms with Gasteiger partial charge in [-0.15, -0.1) is 0 Å². The van der Waals surface area contributed by atoms with Gasteiger partial charge in [0.05, 0.1) is 11.6 Å². The van der Waals surface area contributed by atoms with E-state index in [2.05, 4.69) is 64.4 Å². The second kappa shape index (κ2) is 10.7. The van der Waals surface area contributed by atoms with Crippen molar-refractivity contribution in [3.8, 4) is 11.1 Å². The lowest BCUT2D eigenvalue weighted by atomic mass is 9.96. The van der Waals surface area contributed by atoms with Gasteiger partial charge in [-0.1, -0.05) is 67.9 Å². The first-order valence-electron chi connectivity index (χ1n) is 12.6. The van der Waals surface area contributed by atoms with Crippen LogP contribution in [0.4, 0.5) is 5.69 Å². The van der Waals surface area contributed by atoms with Gasteiger partial charge in [0, 0.05) is 67.1 Å².